The molecular weight excluding hydrogens is 276 g/mol. The predicted octanol–water partition coefficient (Wildman–Crippen LogP) is 2.68. The minimum atomic E-state index is 0.290. The van der Waals surface area contributed by atoms with Crippen molar-refractivity contribution in [1.29, 1.82) is 0 Å². The van der Waals surface area contributed by atoms with Gasteiger partial charge in [-0.15, -0.1) is 0 Å². The number of pyridine rings is 1. The zero-order valence-corrected chi connectivity index (χ0v) is 11.9. The van der Waals surface area contributed by atoms with Crippen molar-refractivity contribution < 1.29 is 4.74 Å². The van der Waals surface area contributed by atoms with Gasteiger partial charge in [0.1, 0.15) is 23.0 Å². The Kier molecular flexibility index (Phi) is 3.69. The molecule has 0 spiro atoms. The summed E-state index contributed by atoms with van der Waals surface area (Å²) in [5.74, 6) is 1.96. The molecular formula is C14H15ClN4O. The van der Waals surface area contributed by atoms with Crippen LogP contribution in [0.1, 0.15) is 24.1 Å². The van der Waals surface area contributed by atoms with E-state index in [1.807, 2.05) is 12.3 Å². The summed E-state index contributed by atoms with van der Waals surface area (Å²) >= 11 is 5.83. The molecule has 0 amide bonds. The number of fused-ring (bicyclic) bond motifs is 1. The molecule has 2 aromatic rings. The van der Waals surface area contributed by atoms with Gasteiger partial charge in [-0.05, 0) is 6.07 Å². The molecule has 6 heteroatoms. The molecule has 1 aliphatic rings. The lowest BCUT2D eigenvalue weighted by Gasteiger charge is -2.16. The van der Waals surface area contributed by atoms with Gasteiger partial charge >= 0.3 is 0 Å². The maximum Gasteiger partial charge on any atom is 0.144 e. The molecule has 0 bridgehead atoms. The van der Waals surface area contributed by atoms with E-state index in [1.54, 1.807) is 6.07 Å². The van der Waals surface area contributed by atoms with Crippen LogP contribution >= 0.6 is 11.6 Å². The van der Waals surface area contributed by atoms with Crippen LogP contribution in [0.2, 0.25) is 5.15 Å². The predicted molar refractivity (Wildman–Crippen MR) is 77.4 cm³/mol. The average Bonchev–Trinajstić information content (AvgIpc) is 2.93. The number of nitrogens with one attached hydrogen (secondary N) is 1. The molecule has 2 aromatic heterocycles. The zero-order chi connectivity index (χ0) is 13.9. The highest BCUT2D eigenvalue weighted by Gasteiger charge is 2.20. The van der Waals surface area contributed by atoms with E-state index in [9.17, 15) is 0 Å². The molecule has 0 aromatic carbocycles. The van der Waals surface area contributed by atoms with Crippen molar-refractivity contribution in [3.63, 3.8) is 0 Å². The summed E-state index contributed by atoms with van der Waals surface area (Å²) < 4.78 is 5.68. The van der Waals surface area contributed by atoms with Crippen LogP contribution in [0.4, 0.5) is 5.82 Å². The van der Waals surface area contributed by atoms with Crippen LogP contribution in [0.25, 0.3) is 0 Å². The molecule has 0 aliphatic carbocycles. The maximum atomic E-state index is 5.83. The highest BCUT2D eigenvalue weighted by atomic mass is 35.5. The van der Waals surface area contributed by atoms with Crippen LogP contribution in [0, 0.1) is 0 Å². The van der Waals surface area contributed by atoms with E-state index in [1.165, 1.54) is 11.9 Å². The summed E-state index contributed by atoms with van der Waals surface area (Å²) in [6.45, 7) is 3.61. The SMILES string of the molecule is C[C@H](CNc1cc(Cl)ncn1)c1ccnc2c1OCC2. The highest BCUT2D eigenvalue weighted by Crippen LogP contribution is 2.32. The Morgan fingerprint density at radius 1 is 1.40 bits per heavy atom. The molecule has 0 radical (unpaired) electrons. The van der Waals surface area contributed by atoms with Crippen LogP contribution in [0.15, 0.2) is 24.7 Å². The second-order valence-electron chi connectivity index (χ2n) is 4.78. The number of rotatable bonds is 4. The van der Waals surface area contributed by atoms with E-state index >= 15 is 0 Å². The van der Waals surface area contributed by atoms with E-state index in [2.05, 4.69) is 27.2 Å². The summed E-state index contributed by atoms with van der Waals surface area (Å²) in [5.41, 5.74) is 2.24. The fraction of sp³-hybridized carbons (Fsp3) is 0.357. The molecule has 5 nitrogen and oxygen atoms in total. The molecule has 0 unspecified atom stereocenters. The Morgan fingerprint density at radius 3 is 3.15 bits per heavy atom. The molecule has 0 fully saturated rings. The third-order valence-corrected chi connectivity index (χ3v) is 3.55. The minimum absolute atomic E-state index is 0.290. The van der Waals surface area contributed by atoms with Gasteiger partial charge in [0.25, 0.3) is 0 Å². The second-order valence-corrected chi connectivity index (χ2v) is 5.17. The lowest BCUT2D eigenvalue weighted by molar-refractivity contribution is 0.352. The van der Waals surface area contributed by atoms with Gasteiger partial charge in [-0.2, -0.15) is 0 Å². The molecule has 0 saturated heterocycles. The topological polar surface area (TPSA) is 59.9 Å². The third kappa shape index (κ3) is 2.67. The number of hydrogen-bond acceptors (Lipinski definition) is 5. The summed E-state index contributed by atoms with van der Waals surface area (Å²) in [5, 5.41) is 3.70. The number of anilines is 1. The third-order valence-electron chi connectivity index (χ3n) is 3.35. The summed E-state index contributed by atoms with van der Waals surface area (Å²) in [6.07, 6.45) is 4.19. The Bertz CT molecular complexity index is 620. The van der Waals surface area contributed by atoms with E-state index in [0.717, 1.165) is 36.8 Å². The number of hydrogen-bond donors (Lipinski definition) is 1. The van der Waals surface area contributed by atoms with Crippen molar-refractivity contribution >= 4 is 17.4 Å². The van der Waals surface area contributed by atoms with E-state index < -0.39 is 0 Å². The zero-order valence-electron chi connectivity index (χ0n) is 11.1. The van der Waals surface area contributed by atoms with Crippen LogP contribution in [0.5, 0.6) is 5.75 Å². The first-order valence-electron chi connectivity index (χ1n) is 6.56. The van der Waals surface area contributed by atoms with Crippen molar-refractivity contribution in [3.8, 4) is 5.75 Å². The van der Waals surface area contributed by atoms with Crippen LogP contribution in [-0.4, -0.2) is 28.1 Å². The van der Waals surface area contributed by atoms with Crippen LogP contribution in [-0.2, 0) is 6.42 Å². The highest BCUT2D eigenvalue weighted by molar-refractivity contribution is 6.29. The van der Waals surface area contributed by atoms with Gasteiger partial charge in [-0.1, -0.05) is 18.5 Å². The molecule has 1 N–H and O–H groups in total. The van der Waals surface area contributed by atoms with Crippen molar-refractivity contribution in [2.75, 3.05) is 18.5 Å². The van der Waals surface area contributed by atoms with Gasteiger partial charge in [-0.25, -0.2) is 9.97 Å². The largest absolute Gasteiger partial charge is 0.491 e. The smallest absolute Gasteiger partial charge is 0.144 e. The number of ether oxygens (including phenoxy) is 1. The van der Waals surface area contributed by atoms with E-state index in [0.29, 0.717) is 11.1 Å². The Labute approximate surface area is 122 Å². The number of aromatic nitrogens is 3. The minimum Gasteiger partial charge on any atom is -0.491 e. The lowest BCUT2D eigenvalue weighted by atomic mass is 10.0. The van der Waals surface area contributed by atoms with Gasteiger partial charge in [-0.3, -0.25) is 4.98 Å². The van der Waals surface area contributed by atoms with Gasteiger partial charge in [0.05, 0.1) is 12.3 Å². The molecule has 0 saturated carbocycles. The van der Waals surface area contributed by atoms with E-state index in [4.69, 9.17) is 16.3 Å². The van der Waals surface area contributed by atoms with Crippen molar-refractivity contribution in [2.45, 2.75) is 19.3 Å². The monoisotopic (exact) mass is 290 g/mol. The standard InChI is InChI=1S/C14H15ClN4O/c1-9(7-17-13-6-12(15)18-8-19-13)10-2-4-16-11-3-5-20-14(10)11/h2,4,6,8-9H,3,5,7H2,1H3,(H,17,18,19)/t9-/m1/s1. The van der Waals surface area contributed by atoms with Crippen LogP contribution < -0.4 is 10.1 Å². The molecule has 1 atom stereocenters. The quantitative estimate of drug-likeness (QED) is 0.877. The summed E-state index contributed by atoms with van der Waals surface area (Å²) in [6, 6.07) is 3.73. The average molecular weight is 291 g/mol. The normalized spacial score (nSPS) is 14.5. The Balaban J connectivity index is 1.71. The number of halogens is 1. The first kappa shape index (κ1) is 13.1. The van der Waals surface area contributed by atoms with Crippen molar-refractivity contribution in [2.24, 2.45) is 0 Å². The molecule has 3 rings (SSSR count). The summed E-state index contributed by atoms with van der Waals surface area (Å²) in [7, 11) is 0. The molecule has 20 heavy (non-hydrogen) atoms. The van der Waals surface area contributed by atoms with Crippen molar-refractivity contribution in [3.05, 3.63) is 41.1 Å². The van der Waals surface area contributed by atoms with Gasteiger partial charge in [0.2, 0.25) is 0 Å². The second kappa shape index (κ2) is 5.63. The fourth-order valence-electron chi connectivity index (χ4n) is 2.29. The van der Waals surface area contributed by atoms with Gasteiger partial charge < -0.3 is 10.1 Å². The Morgan fingerprint density at radius 2 is 2.30 bits per heavy atom. The lowest BCUT2D eigenvalue weighted by Crippen LogP contribution is -2.12. The molecule has 3 heterocycles. The van der Waals surface area contributed by atoms with Gasteiger partial charge in [0.15, 0.2) is 0 Å². The van der Waals surface area contributed by atoms with Gasteiger partial charge in [0, 0.05) is 36.7 Å². The first-order chi connectivity index (χ1) is 9.74. The van der Waals surface area contributed by atoms with Crippen LogP contribution in [0.3, 0.4) is 0 Å². The van der Waals surface area contributed by atoms with Crippen molar-refractivity contribution in [1.82, 2.24) is 15.0 Å². The fourth-order valence-corrected chi connectivity index (χ4v) is 2.44. The number of nitrogens with zero attached hydrogens (tertiary/aromatic N) is 3. The maximum absolute atomic E-state index is 5.83. The van der Waals surface area contributed by atoms with E-state index in [-0.39, 0.29) is 0 Å². The summed E-state index contributed by atoms with van der Waals surface area (Å²) in [4.78, 5) is 12.3. The first-order valence-corrected chi connectivity index (χ1v) is 6.94. The Hall–Kier alpha value is -1.88. The molecule has 1 aliphatic heterocycles. The molecule has 104 valence electrons.